The number of hydrogen-bond acceptors (Lipinski definition) is 4. The van der Waals surface area contributed by atoms with Crippen molar-refractivity contribution in [3.8, 4) is 0 Å². The molecule has 1 aromatic heterocycles. The summed E-state index contributed by atoms with van der Waals surface area (Å²) in [5, 5.41) is 2.52. The van der Waals surface area contributed by atoms with E-state index in [0.717, 1.165) is 4.77 Å². The molecule has 0 aliphatic carbocycles. The summed E-state index contributed by atoms with van der Waals surface area (Å²) in [7, 11) is 0. The molecule has 17 heavy (non-hydrogen) atoms. The molecule has 2 rings (SSSR count). The molecule has 98 valence electrons. The number of fused-ring (bicyclic) bond motifs is 1. The summed E-state index contributed by atoms with van der Waals surface area (Å²) >= 11 is 8.85. The van der Waals surface area contributed by atoms with Crippen LogP contribution in [0.2, 0.25) is 0 Å². The molecular weight excluding hydrogens is 270 g/mol. The predicted molar refractivity (Wildman–Crippen MR) is 80.2 cm³/mol. The van der Waals surface area contributed by atoms with E-state index in [4.69, 9.17) is 12.2 Å². The van der Waals surface area contributed by atoms with Crippen LogP contribution in [-0.2, 0) is 0 Å². The summed E-state index contributed by atoms with van der Waals surface area (Å²) in [4.78, 5) is 0. The number of rotatable bonds is 2. The highest BCUT2D eigenvalue weighted by atomic mass is 32.2. The molecule has 0 atom stereocenters. The highest BCUT2D eigenvalue weighted by Crippen LogP contribution is 2.41. The van der Waals surface area contributed by atoms with Gasteiger partial charge in [-0.1, -0.05) is 13.8 Å². The fraction of sp³-hybridized carbons (Fsp3) is 0.727. The molecule has 2 heterocycles. The predicted octanol–water partition coefficient (Wildman–Crippen LogP) is 4.82. The molecule has 0 amide bonds. The first-order chi connectivity index (χ1) is 8.04. The second-order valence-corrected chi connectivity index (χ2v) is 6.32. The normalized spacial score (nSPS) is 13.9. The van der Waals surface area contributed by atoms with Gasteiger partial charge in [-0.15, -0.1) is 0 Å². The smallest absolute Gasteiger partial charge is 0.182 e. The Morgan fingerprint density at radius 3 is 1.59 bits per heavy atom. The summed E-state index contributed by atoms with van der Waals surface area (Å²) in [6, 6.07) is 0.832. The van der Waals surface area contributed by atoms with Crippen LogP contribution in [0.3, 0.4) is 0 Å². The molecule has 0 saturated carbocycles. The molecule has 1 N–H and O–H groups in total. The van der Waals surface area contributed by atoms with Crippen LogP contribution in [0.15, 0.2) is 10.1 Å². The average molecular weight is 292 g/mol. The zero-order valence-corrected chi connectivity index (χ0v) is 13.7. The lowest BCUT2D eigenvalue weighted by atomic mass is 10.4. The molecule has 1 aliphatic rings. The standard InChI is InChI=1S/C9H15N3S3.C2H6/c1-5(2)11-7-8(15-10-14-7)12(6(3)4)9(11)13;1-2/h5-6,10H,1-4H3;1-2H3. The van der Waals surface area contributed by atoms with Crippen molar-refractivity contribution in [3.05, 3.63) is 4.77 Å². The second-order valence-electron chi connectivity index (χ2n) is 4.11. The average Bonchev–Trinajstić information content (AvgIpc) is 2.78. The fourth-order valence-electron chi connectivity index (χ4n) is 1.69. The van der Waals surface area contributed by atoms with Gasteiger partial charge in [-0.3, -0.25) is 0 Å². The van der Waals surface area contributed by atoms with Crippen molar-refractivity contribution in [2.24, 2.45) is 0 Å². The van der Waals surface area contributed by atoms with Crippen LogP contribution in [0.25, 0.3) is 0 Å². The molecule has 0 aromatic carbocycles. The van der Waals surface area contributed by atoms with Gasteiger partial charge in [0.25, 0.3) is 0 Å². The maximum atomic E-state index is 5.52. The van der Waals surface area contributed by atoms with Crippen molar-refractivity contribution in [3.63, 3.8) is 0 Å². The minimum absolute atomic E-state index is 0.416. The van der Waals surface area contributed by atoms with Crippen molar-refractivity contribution in [1.82, 2.24) is 13.3 Å². The lowest BCUT2D eigenvalue weighted by Gasteiger charge is -2.11. The lowest BCUT2D eigenvalue weighted by molar-refractivity contribution is 0.518. The first kappa shape index (κ1) is 15.1. The van der Waals surface area contributed by atoms with Crippen molar-refractivity contribution in [1.29, 1.82) is 0 Å². The number of nitrogens with one attached hydrogen (secondary N) is 1. The van der Waals surface area contributed by atoms with E-state index in [2.05, 4.69) is 41.0 Å². The third kappa shape index (κ3) is 2.75. The molecule has 0 fully saturated rings. The maximum Gasteiger partial charge on any atom is 0.182 e. The molecule has 1 aliphatic heterocycles. The van der Waals surface area contributed by atoms with Gasteiger partial charge in [0.15, 0.2) is 4.77 Å². The summed E-state index contributed by atoms with van der Waals surface area (Å²) in [5.41, 5.74) is 0. The van der Waals surface area contributed by atoms with E-state index in [-0.39, 0.29) is 0 Å². The highest BCUT2D eigenvalue weighted by molar-refractivity contribution is 8.15. The van der Waals surface area contributed by atoms with Gasteiger partial charge in [-0.2, -0.15) is 4.13 Å². The molecule has 0 unspecified atom stereocenters. The van der Waals surface area contributed by atoms with Crippen LogP contribution < -0.4 is 4.13 Å². The van der Waals surface area contributed by atoms with Crippen LogP contribution >= 0.6 is 36.1 Å². The monoisotopic (exact) mass is 291 g/mol. The summed E-state index contributed by atoms with van der Waals surface area (Å²) in [6.45, 7) is 12.7. The van der Waals surface area contributed by atoms with Gasteiger partial charge in [-0.25, -0.2) is 0 Å². The minimum atomic E-state index is 0.416. The topological polar surface area (TPSA) is 21.9 Å². The minimum Gasteiger partial charge on any atom is -0.307 e. The molecule has 0 radical (unpaired) electrons. The maximum absolute atomic E-state index is 5.52. The lowest BCUT2D eigenvalue weighted by Crippen LogP contribution is -2.07. The van der Waals surface area contributed by atoms with Crippen molar-refractivity contribution in [2.75, 3.05) is 0 Å². The van der Waals surface area contributed by atoms with E-state index in [1.54, 1.807) is 23.9 Å². The highest BCUT2D eigenvalue weighted by Gasteiger charge is 2.26. The third-order valence-electron chi connectivity index (χ3n) is 2.34. The molecule has 0 spiro atoms. The first-order valence-electron chi connectivity index (χ1n) is 5.99. The Labute approximate surface area is 118 Å². The van der Waals surface area contributed by atoms with Crippen molar-refractivity contribution in [2.45, 2.75) is 63.7 Å². The Bertz CT molecular complexity index is 395. The van der Waals surface area contributed by atoms with Crippen LogP contribution in [-0.4, -0.2) is 9.13 Å². The molecule has 3 nitrogen and oxygen atoms in total. The van der Waals surface area contributed by atoms with Crippen LogP contribution in [0.1, 0.15) is 53.6 Å². The molecular formula is C11H21N3S3. The van der Waals surface area contributed by atoms with Gasteiger partial charge in [0.2, 0.25) is 0 Å². The Balaban J connectivity index is 0.000000686. The van der Waals surface area contributed by atoms with E-state index in [1.165, 1.54) is 10.1 Å². The third-order valence-corrected chi connectivity index (χ3v) is 4.70. The fourth-order valence-corrected chi connectivity index (χ4v) is 4.62. The van der Waals surface area contributed by atoms with Gasteiger partial charge in [-0.05, 0) is 63.8 Å². The van der Waals surface area contributed by atoms with Crippen molar-refractivity contribution >= 4 is 36.1 Å². The molecule has 0 bridgehead atoms. The van der Waals surface area contributed by atoms with Gasteiger partial charge in [0.1, 0.15) is 10.1 Å². The molecule has 0 saturated heterocycles. The number of hydrogen-bond donors (Lipinski definition) is 1. The first-order valence-corrected chi connectivity index (χ1v) is 8.03. The van der Waals surface area contributed by atoms with Crippen molar-refractivity contribution < 1.29 is 0 Å². The largest absolute Gasteiger partial charge is 0.307 e. The molecule has 6 heteroatoms. The molecule has 1 aromatic rings. The Kier molecular flexibility index (Phi) is 5.63. The van der Waals surface area contributed by atoms with Gasteiger partial charge in [0.05, 0.1) is 0 Å². The summed E-state index contributed by atoms with van der Waals surface area (Å²) < 4.78 is 8.62. The second kappa shape index (κ2) is 6.31. The van der Waals surface area contributed by atoms with E-state index < -0.39 is 0 Å². The van der Waals surface area contributed by atoms with E-state index >= 15 is 0 Å². The van der Waals surface area contributed by atoms with Crippen LogP contribution in [0.5, 0.6) is 0 Å². The van der Waals surface area contributed by atoms with Crippen LogP contribution in [0.4, 0.5) is 0 Å². The van der Waals surface area contributed by atoms with Gasteiger partial charge >= 0.3 is 0 Å². The van der Waals surface area contributed by atoms with E-state index in [9.17, 15) is 0 Å². The van der Waals surface area contributed by atoms with Gasteiger partial charge < -0.3 is 9.13 Å². The Hall–Kier alpha value is 0.0900. The van der Waals surface area contributed by atoms with E-state index in [1.807, 2.05) is 13.8 Å². The Morgan fingerprint density at radius 2 is 1.29 bits per heavy atom. The number of imidazole rings is 1. The van der Waals surface area contributed by atoms with E-state index in [0.29, 0.717) is 12.1 Å². The zero-order valence-electron chi connectivity index (χ0n) is 11.3. The van der Waals surface area contributed by atoms with Crippen LogP contribution in [0, 0.1) is 4.77 Å². The summed E-state index contributed by atoms with van der Waals surface area (Å²) in [6.07, 6.45) is 0. The summed E-state index contributed by atoms with van der Waals surface area (Å²) in [5.74, 6) is 0. The Morgan fingerprint density at radius 1 is 0.941 bits per heavy atom. The number of aromatic nitrogens is 2. The zero-order chi connectivity index (χ0) is 13.2. The SMILES string of the molecule is CC.CC(C)n1c2c(n(C(C)C)c1=S)SNS2. The van der Waals surface area contributed by atoms with Gasteiger partial charge in [0, 0.05) is 12.1 Å². The number of nitrogens with zero attached hydrogens (tertiary/aromatic N) is 2. The quantitative estimate of drug-likeness (QED) is 0.622.